The van der Waals surface area contributed by atoms with Gasteiger partial charge in [0.2, 0.25) is 0 Å². The molecule has 2 aromatic heterocycles. The summed E-state index contributed by atoms with van der Waals surface area (Å²) in [5, 5.41) is 16.7. The number of benzene rings is 1. The second kappa shape index (κ2) is 7.37. The number of aromatic carboxylic acids is 1. The highest BCUT2D eigenvalue weighted by Gasteiger charge is 2.28. The highest BCUT2D eigenvalue weighted by atomic mass is 35.5. The molecule has 2 heterocycles. The average Bonchev–Trinajstić information content (AvgIpc) is 3.08. The number of carbonyl (C=O) groups excluding carboxylic acids is 1. The van der Waals surface area contributed by atoms with Gasteiger partial charge in [-0.3, -0.25) is 9.78 Å². The van der Waals surface area contributed by atoms with Gasteiger partial charge in [-0.1, -0.05) is 28.9 Å². The van der Waals surface area contributed by atoms with E-state index in [2.05, 4.69) is 15.5 Å². The zero-order valence-corrected chi connectivity index (χ0v) is 14.4. The van der Waals surface area contributed by atoms with Gasteiger partial charge in [0.1, 0.15) is 11.3 Å². The second-order valence-electron chi connectivity index (χ2n) is 5.52. The van der Waals surface area contributed by atoms with Gasteiger partial charge in [0.25, 0.3) is 5.91 Å². The Labute approximate surface area is 153 Å². The van der Waals surface area contributed by atoms with Crippen molar-refractivity contribution in [2.45, 2.75) is 13.0 Å². The lowest BCUT2D eigenvalue weighted by molar-refractivity contribution is 0.0692. The van der Waals surface area contributed by atoms with Crippen molar-refractivity contribution >= 4 is 23.5 Å². The van der Waals surface area contributed by atoms with Gasteiger partial charge in [-0.25, -0.2) is 4.79 Å². The minimum atomic E-state index is -1.20. The number of hydrogen-bond donors (Lipinski definition) is 2. The van der Waals surface area contributed by atoms with Crippen LogP contribution in [0.1, 0.15) is 39.4 Å². The van der Waals surface area contributed by atoms with Crippen molar-refractivity contribution in [3.8, 4) is 11.3 Å². The van der Waals surface area contributed by atoms with Crippen LogP contribution in [0.25, 0.3) is 11.3 Å². The van der Waals surface area contributed by atoms with Gasteiger partial charge >= 0.3 is 5.97 Å². The van der Waals surface area contributed by atoms with Crippen LogP contribution in [0.15, 0.2) is 53.3 Å². The van der Waals surface area contributed by atoms with E-state index >= 15 is 0 Å². The molecule has 0 fully saturated rings. The maximum Gasteiger partial charge on any atom is 0.341 e. The number of carboxylic acids is 1. The normalized spacial score (nSPS) is 11.8. The molecule has 0 aliphatic heterocycles. The van der Waals surface area contributed by atoms with E-state index in [1.54, 1.807) is 49.5 Å². The zero-order valence-electron chi connectivity index (χ0n) is 13.6. The molecule has 0 saturated carbocycles. The quantitative estimate of drug-likeness (QED) is 0.710. The molecule has 132 valence electrons. The van der Waals surface area contributed by atoms with Crippen molar-refractivity contribution in [1.29, 1.82) is 0 Å². The molecule has 2 N–H and O–H groups in total. The van der Waals surface area contributed by atoms with E-state index in [0.717, 1.165) is 0 Å². The molecule has 0 bridgehead atoms. The Kier molecular flexibility index (Phi) is 4.99. The van der Waals surface area contributed by atoms with E-state index in [9.17, 15) is 14.7 Å². The van der Waals surface area contributed by atoms with Crippen LogP contribution in [0.2, 0.25) is 5.02 Å². The SMILES string of the molecule is C[C@@H](NC(=O)c1cccnc1)c1onc(-c2ccc(Cl)cc2)c1C(=O)O. The monoisotopic (exact) mass is 371 g/mol. The lowest BCUT2D eigenvalue weighted by atomic mass is 10.0. The molecule has 0 spiro atoms. The molecule has 0 aliphatic carbocycles. The Balaban J connectivity index is 1.91. The van der Waals surface area contributed by atoms with E-state index in [4.69, 9.17) is 16.1 Å². The summed E-state index contributed by atoms with van der Waals surface area (Å²) in [6.07, 6.45) is 2.97. The Hall–Kier alpha value is -3.19. The zero-order chi connectivity index (χ0) is 18.7. The lowest BCUT2D eigenvalue weighted by Crippen LogP contribution is -2.27. The molecule has 0 saturated heterocycles. The van der Waals surface area contributed by atoms with Gasteiger partial charge < -0.3 is 14.9 Å². The van der Waals surface area contributed by atoms with Crippen LogP contribution >= 0.6 is 11.6 Å². The highest BCUT2D eigenvalue weighted by Crippen LogP contribution is 2.30. The van der Waals surface area contributed by atoms with Crippen LogP contribution in [0, 0.1) is 0 Å². The predicted molar refractivity (Wildman–Crippen MR) is 94.0 cm³/mol. The third kappa shape index (κ3) is 3.57. The summed E-state index contributed by atoms with van der Waals surface area (Å²) < 4.78 is 5.25. The van der Waals surface area contributed by atoms with Gasteiger partial charge in [-0.05, 0) is 31.2 Å². The first-order chi connectivity index (χ1) is 12.5. The molecule has 7 nitrogen and oxygen atoms in total. The van der Waals surface area contributed by atoms with E-state index in [0.29, 0.717) is 16.1 Å². The van der Waals surface area contributed by atoms with Gasteiger partial charge in [-0.15, -0.1) is 0 Å². The summed E-state index contributed by atoms with van der Waals surface area (Å²) in [6, 6.07) is 9.09. The van der Waals surface area contributed by atoms with Crippen LogP contribution in [0.4, 0.5) is 0 Å². The second-order valence-corrected chi connectivity index (χ2v) is 5.96. The lowest BCUT2D eigenvalue weighted by Gasteiger charge is -2.11. The number of rotatable bonds is 5. The van der Waals surface area contributed by atoms with E-state index in [-0.39, 0.29) is 17.0 Å². The first-order valence-corrected chi connectivity index (χ1v) is 8.05. The van der Waals surface area contributed by atoms with Crippen molar-refractivity contribution in [3.63, 3.8) is 0 Å². The third-order valence-corrected chi connectivity index (χ3v) is 3.97. The largest absolute Gasteiger partial charge is 0.477 e. The Bertz CT molecular complexity index is 939. The fourth-order valence-electron chi connectivity index (χ4n) is 2.45. The molecule has 3 aromatic rings. The maximum atomic E-state index is 12.2. The van der Waals surface area contributed by atoms with Gasteiger partial charge in [0.05, 0.1) is 11.6 Å². The molecule has 3 rings (SSSR count). The third-order valence-electron chi connectivity index (χ3n) is 3.71. The van der Waals surface area contributed by atoms with Crippen molar-refractivity contribution in [1.82, 2.24) is 15.5 Å². The van der Waals surface area contributed by atoms with Crippen molar-refractivity contribution in [3.05, 3.63) is 70.7 Å². The molecule has 1 atom stereocenters. The van der Waals surface area contributed by atoms with Crippen LogP contribution in [0.5, 0.6) is 0 Å². The smallest absolute Gasteiger partial charge is 0.341 e. The first-order valence-electron chi connectivity index (χ1n) is 7.67. The number of amides is 1. The molecular weight excluding hydrogens is 358 g/mol. The summed E-state index contributed by atoms with van der Waals surface area (Å²) >= 11 is 5.86. The Morgan fingerprint density at radius 3 is 2.58 bits per heavy atom. The van der Waals surface area contributed by atoms with Crippen molar-refractivity contribution < 1.29 is 19.2 Å². The number of halogens is 1. The molecule has 8 heteroatoms. The standard InChI is InChI=1S/C18H14ClN3O4/c1-10(21-17(23)12-3-2-8-20-9-12)16-14(18(24)25)15(22-26-16)11-4-6-13(19)7-5-11/h2-10H,1H3,(H,21,23)(H,24,25)/t10-/m1/s1. The molecule has 0 unspecified atom stereocenters. The van der Waals surface area contributed by atoms with E-state index in [1.165, 1.54) is 6.20 Å². The molecule has 0 aliphatic rings. The van der Waals surface area contributed by atoms with Gasteiger partial charge in [-0.2, -0.15) is 0 Å². The minimum absolute atomic E-state index is 0.0553. The van der Waals surface area contributed by atoms with E-state index in [1.807, 2.05) is 0 Å². The number of nitrogens with one attached hydrogen (secondary N) is 1. The highest BCUT2D eigenvalue weighted by molar-refractivity contribution is 6.30. The summed E-state index contributed by atoms with van der Waals surface area (Å²) in [7, 11) is 0. The number of carboxylic acid groups (broad SMARTS) is 1. The maximum absolute atomic E-state index is 12.2. The van der Waals surface area contributed by atoms with Gasteiger partial charge in [0, 0.05) is 23.0 Å². The number of pyridine rings is 1. The van der Waals surface area contributed by atoms with Crippen molar-refractivity contribution in [2.75, 3.05) is 0 Å². The average molecular weight is 372 g/mol. The summed E-state index contributed by atoms with van der Waals surface area (Å²) in [5.74, 6) is -1.54. The van der Waals surface area contributed by atoms with Crippen molar-refractivity contribution in [2.24, 2.45) is 0 Å². The predicted octanol–water partition coefficient (Wildman–Crippen LogP) is 3.58. The van der Waals surface area contributed by atoms with Crippen LogP contribution < -0.4 is 5.32 Å². The molecule has 1 aromatic carbocycles. The van der Waals surface area contributed by atoms with E-state index < -0.39 is 17.9 Å². The fraction of sp³-hybridized carbons (Fsp3) is 0.111. The van der Waals surface area contributed by atoms with Crippen LogP contribution in [0.3, 0.4) is 0 Å². The number of nitrogens with zero attached hydrogens (tertiary/aromatic N) is 2. The van der Waals surface area contributed by atoms with Gasteiger partial charge in [0.15, 0.2) is 5.76 Å². The van der Waals surface area contributed by atoms with Crippen LogP contribution in [-0.2, 0) is 0 Å². The topological polar surface area (TPSA) is 105 Å². The molecular formula is C18H14ClN3O4. The fourth-order valence-corrected chi connectivity index (χ4v) is 2.58. The summed E-state index contributed by atoms with van der Waals surface area (Å²) in [5.41, 5.74) is 0.971. The number of aromatic nitrogens is 2. The minimum Gasteiger partial charge on any atom is -0.477 e. The molecule has 0 radical (unpaired) electrons. The molecule has 1 amide bonds. The van der Waals surface area contributed by atoms with Crippen LogP contribution in [-0.4, -0.2) is 27.1 Å². The Morgan fingerprint density at radius 1 is 1.23 bits per heavy atom. The summed E-state index contributed by atoms with van der Waals surface area (Å²) in [4.78, 5) is 27.9. The molecule has 26 heavy (non-hydrogen) atoms. The Morgan fingerprint density at radius 2 is 1.96 bits per heavy atom. The number of carbonyl (C=O) groups is 2. The summed E-state index contributed by atoms with van der Waals surface area (Å²) in [6.45, 7) is 1.62. The number of hydrogen-bond acceptors (Lipinski definition) is 5. The first kappa shape index (κ1) is 17.6.